The molecular formula is C19H17ClN4O2. The molecular weight excluding hydrogens is 352 g/mol. The number of anilines is 2. The van der Waals surface area contributed by atoms with Crippen LogP contribution in [-0.4, -0.2) is 23.0 Å². The summed E-state index contributed by atoms with van der Waals surface area (Å²) in [5.74, 6) is 0.971. The highest BCUT2D eigenvalue weighted by Gasteiger charge is 2.08. The van der Waals surface area contributed by atoms with Crippen molar-refractivity contribution < 1.29 is 9.53 Å². The van der Waals surface area contributed by atoms with Gasteiger partial charge in [-0.3, -0.25) is 4.79 Å². The molecule has 0 atom stereocenters. The van der Waals surface area contributed by atoms with Gasteiger partial charge in [0.1, 0.15) is 5.75 Å². The minimum absolute atomic E-state index is 0.283. The van der Waals surface area contributed by atoms with Crippen molar-refractivity contribution in [3.05, 3.63) is 77.1 Å². The van der Waals surface area contributed by atoms with E-state index in [4.69, 9.17) is 16.3 Å². The average molecular weight is 369 g/mol. The van der Waals surface area contributed by atoms with Crippen LogP contribution >= 0.6 is 11.6 Å². The highest BCUT2D eigenvalue weighted by Crippen LogP contribution is 2.15. The van der Waals surface area contributed by atoms with E-state index in [1.54, 1.807) is 31.4 Å². The van der Waals surface area contributed by atoms with Gasteiger partial charge in [-0.25, -0.2) is 9.97 Å². The third-order valence-electron chi connectivity index (χ3n) is 3.63. The smallest absolute Gasteiger partial charge is 0.258 e. The Morgan fingerprint density at radius 3 is 2.31 bits per heavy atom. The molecule has 0 aliphatic carbocycles. The Balaban J connectivity index is 1.56. The third kappa shape index (κ3) is 4.70. The Labute approximate surface area is 156 Å². The number of carbonyl (C=O) groups excluding carboxylic acids is 1. The topological polar surface area (TPSA) is 76.1 Å². The number of nitrogens with one attached hydrogen (secondary N) is 2. The highest BCUT2D eigenvalue weighted by molar-refractivity contribution is 6.30. The van der Waals surface area contributed by atoms with Crippen LogP contribution in [0.15, 0.2) is 60.9 Å². The molecule has 3 rings (SSSR count). The molecule has 2 N–H and O–H groups in total. The van der Waals surface area contributed by atoms with Crippen LogP contribution in [0.1, 0.15) is 15.9 Å². The Kier molecular flexibility index (Phi) is 5.66. The summed E-state index contributed by atoms with van der Waals surface area (Å²) in [5.41, 5.74) is 2.09. The van der Waals surface area contributed by atoms with E-state index in [0.717, 1.165) is 11.3 Å². The lowest BCUT2D eigenvalue weighted by molar-refractivity contribution is 0.102. The molecule has 0 saturated carbocycles. The average Bonchev–Trinajstić information content (AvgIpc) is 2.69. The number of carbonyl (C=O) groups is 1. The van der Waals surface area contributed by atoms with E-state index in [9.17, 15) is 4.79 Å². The van der Waals surface area contributed by atoms with Gasteiger partial charge in [-0.1, -0.05) is 23.7 Å². The number of halogens is 1. The van der Waals surface area contributed by atoms with Gasteiger partial charge in [-0.05, 0) is 42.0 Å². The fraction of sp³-hybridized carbons (Fsp3) is 0.105. The minimum Gasteiger partial charge on any atom is -0.497 e. The van der Waals surface area contributed by atoms with Crippen LogP contribution in [0.3, 0.4) is 0 Å². The van der Waals surface area contributed by atoms with Gasteiger partial charge in [-0.2, -0.15) is 0 Å². The fourth-order valence-electron chi connectivity index (χ4n) is 2.20. The maximum Gasteiger partial charge on any atom is 0.258 e. The Bertz CT molecular complexity index is 866. The summed E-state index contributed by atoms with van der Waals surface area (Å²) >= 11 is 5.83. The summed E-state index contributed by atoms with van der Waals surface area (Å²) in [6.07, 6.45) is 2.96. The zero-order valence-corrected chi connectivity index (χ0v) is 14.8. The quantitative estimate of drug-likeness (QED) is 0.687. The minimum atomic E-state index is -0.283. The van der Waals surface area contributed by atoms with Crippen molar-refractivity contribution >= 4 is 29.1 Å². The molecule has 0 spiro atoms. The van der Waals surface area contributed by atoms with Crippen molar-refractivity contribution in [1.29, 1.82) is 0 Å². The zero-order valence-electron chi connectivity index (χ0n) is 14.1. The molecule has 0 fully saturated rings. The SMILES string of the molecule is COc1ccc(CNc2ncc(C(=O)Nc3ccc(Cl)cc3)cn2)cc1. The van der Waals surface area contributed by atoms with Crippen LogP contribution in [0.4, 0.5) is 11.6 Å². The monoisotopic (exact) mass is 368 g/mol. The van der Waals surface area contributed by atoms with Crippen LogP contribution < -0.4 is 15.4 Å². The first-order valence-corrected chi connectivity index (χ1v) is 8.27. The molecule has 0 unspecified atom stereocenters. The number of benzene rings is 2. The number of aromatic nitrogens is 2. The van der Waals surface area contributed by atoms with Crippen molar-refractivity contribution in [3.63, 3.8) is 0 Å². The first kappa shape index (κ1) is 17.7. The molecule has 2 aromatic carbocycles. The molecule has 0 saturated heterocycles. The largest absolute Gasteiger partial charge is 0.497 e. The predicted molar refractivity (Wildman–Crippen MR) is 102 cm³/mol. The molecule has 6 nitrogen and oxygen atoms in total. The highest BCUT2D eigenvalue weighted by atomic mass is 35.5. The van der Waals surface area contributed by atoms with E-state index in [2.05, 4.69) is 20.6 Å². The maximum absolute atomic E-state index is 12.2. The molecule has 0 aliphatic heterocycles. The zero-order chi connectivity index (χ0) is 18.4. The fourth-order valence-corrected chi connectivity index (χ4v) is 2.32. The molecule has 1 heterocycles. The molecule has 0 radical (unpaired) electrons. The number of hydrogen-bond acceptors (Lipinski definition) is 5. The molecule has 0 aliphatic rings. The third-order valence-corrected chi connectivity index (χ3v) is 3.88. The molecule has 1 amide bonds. The first-order chi connectivity index (χ1) is 12.6. The van der Waals surface area contributed by atoms with Gasteiger partial charge in [0.2, 0.25) is 5.95 Å². The standard InChI is InChI=1S/C19H17ClN4O2/c1-26-17-8-2-13(3-9-17)10-21-19-22-11-14(12-23-19)18(25)24-16-6-4-15(20)5-7-16/h2-9,11-12H,10H2,1H3,(H,24,25)(H,21,22,23). The van der Waals surface area contributed by atoms with Gasteiger partial charge >= 0.3 is 0 Å². The number of nitrogens with zero attached hydrogens (tertiary/aromatic N) is 2. The van der Waals surface area contributed by atoms with Crippen LogP contribution in [0.2, 0.25) is 5.02 Å². The van der Waals surface area contributed by atoms with Gasteiger partial charge in [-0.15, -0.1) is 0 Å². The number of methoxy groups -OCH3 is 1. The normalized spacial score (nSPS) is 10.2. The van der Waals surface area contributed by atoms with Crippen LogP contribution in [0, 0.1) is 0 Å². The van der Waals surface area contributed by atoms with Crippen LogP contribution in [-0.2, 0) is 6.54 Å². The van der Waals surface area contributed by atoms with Gasteiger partial charge in [0, 0.05) is 29.6 Å². The molecule has 0 bridgehead atoms. The Morgan fingerprint density at radius 2 is 1.69 bits per heavy atom. The summed E-state index contributed by atoms with van der Waals surface area (Å²) in [5, 5.41) is 6.48. The lowest BCUT2D eigenvalue weighted by Crippen LogP contribution is -2.13. The maximum atomic E-state index is 12.2. The second kappa shape index (κ2) is 8.31. The van der Waals surface area contributed by atoms with E-state index < -0.39 is 0 Å². The van der Waals surface area contributed by atoms with Gasteiger partial charge in [0.05, 0.1) is 12.7 Å². The summed E-state index contributed by atoms with van der Waals surface area (Å²) in [6, 6.07) is 14.6. The summed E-state index contributed by atoms with van der Waals surface area (Å²) in [6.45, 7) is 0.570. The molecule has 132 valence electrons. The Hall–Kier alpha value is -3.12. The van der Waals surface area contributed by atoms with E-state index in [1.807, 2.05) is 24.3 Å². The number of rotatable bonds is 6. The van der Waals surface area contributed by atoms with Crippen molar-refractivity contribution in [2.45, 2.75) is 6.54 Å². The number of hydrogen-bond donors (Lipinski definition) is 2. The molecule has 3 aromatic rings. The first-order valence-electron chi connectivity index (χ1n) is 7.90. The second-order valence-corrected chi connectivity index (χ2v) is 5.89. The lowest BCUT2D eigenvalue weighted by atomic mass is 10.2. The molecule has 7 heteroatoms. The second-order valence-electron chi connectivity index (χ2n) is 5.46. The summed E-state index contributed by atoms with van der Waals surface area (Å²) in [4.78, 5) is 20.5. The number of ether oxygens (including phenoxy) is 1. The van der Waals surface area contributed by atoms with Crippen molar-refractivity contribution in [2.24, 2.45) is 0 Å². The van der Waals surface area contributed by atoms with Gasteiger partial charge in [0.25, 0.3) is 5.91 Å². The van der Waals surface area contributed by atoms with Crippen molar-refractivity contribution in [2.75, 3.05) is 17.7 Å². The predicted octanol–water partition coefficient (Wildman–Crippen LogP) is 4.00. The van der Waals surface area contributed by atoms with Crippen molar-refractivity contribution in [3.8, 4) is 5.75 Å². The molecule has 1 aromatic heterocycles. The van der Waals surface area contributed by atoms with Crippen LogP contribution in [0.25, 0.3) is 0 Å². The summed E-state index contributed by atoms with van der Waals surface area (Å²) < 4.78 is 5.13. The van der Waals surface area contributed by atoms with E-state index in [0.29, 0.717) is 28.8 Å². The van der Waals surface area contributed by atoms with E-state index in [-0.39, 0.29) is 5.91 Å². The van der Waals surface area contributed by atoms with Gasteiger partial charge < -0.3 is 15.4 Å². The van der Waals surface area contributed by atoms with E-state index in [1.165, 1.54) is 12.4 Å². The molecule has 26 heavy (non-hydrogen) atoms. The lowest BCUT2D eigenvalue weighted by Gasteiger charge is -2.07. The summed E-state index contributed by atoms with van der Waals surface area (Å²) in [7, 11) is 1.63. The Morgan fingerprint density at radius 1 is 1.04 bits per heavy atom. The number of amides is 1. The van der Waals surface area contributed by atoms with Crippen molar-refractivity contribution in [1.82, 2.24) is 9.97 Å². The van der Waals surface area contributed by atoms with Gasteiger partial charge in [0.15, 0.2) is 0 Å². The van der Waals surface area contributed by atoms with Crippen LogP contribution in [0.5, 0.6) is 5.75 Å². The van der Waals surface area contributed by atoms with E-state index >= 15 is 0 Å².